The highest BCUT2D eigenvalue weighted by molar-refractivity contribution is 5.76. The molecule has 1 unspecified atom stereocenters. The van der Waals surface area contributed by atoms with E-state index in [0.29, 0.717) is 37.3 Å². The van der Waals surface area contributed by atoms with Crippen LogP contribution < -0.4 is 14.8 Å². The quantitative estimate of drug-likeness (QED) is 0.293. The summed E-state index contributed by atoms with van der Waals surface area (Å²) in [7, 11) is 1.64. The van der Waals surface area contributed by atoms with Gasteiger partial charge in [-0.1, -0.05) is 61.5 Å². The number of hydrogen-bond donors (Lipinski definition) is 1. The van der Waals surface area contributed by atoms with Gasteiger partial charge in [-0.25, -0.2) is 0 Å². The Balaban J connectivity index is 0.000000208. The van der Waals surface area contributed by atoms with Crippen LogP contribution in [0.15, 0.2) is 78.9 Å². The number of para-hydroxylation sites is 2. The van der Waals surface area contributed by atoms with Crippen molar-refractivity contribution in [2.24, 2.45) is 0 Å². The Morgan fingerprint density at radius 3 is 2.35 bits per heavy atom. The second kappa shape index (κ2) is 17.3. The van der Waals surface area contributed by atoms with E-state index < -0.39 is 0 Å². The highest BCUT2D eigenvalue weighted by Gasteiger charge is 2.19. The Morgan fingerprint density at radius 2 is 1.65 bits per heavy atom. The zero-order valence-electron chi connectivity index (χ0n) is 25.5. The molecule has 0 aliphatic carbocycles. The zero-order valence-corrected chi connectivity index (χ0v) is 25.5. The van der Waals surface area contributed by atoms with Gasteiger partial charge in [-0.3, -0.25) is 14.5 Å². The van der Waals surface area contributed by atoms with Crippen LogP contribution in [-0.4, -0.2) is 74.7 Å². The van der Waals surface area contributed by atoms with Crippen molar-refractivity contribution in [3.63, 3.8) is 0 Å². The zero-order chi connectivity index (χ0) is 30.3. The van der Waals surface area contributed by atoms with Crippen LogP contribution in [0.1, 0.15) is 49.7 Å². The van der Waals surface area contributed by atoms with Crippen molar-refractivity contribution in [2.75, 3.05) is 46.5 Å². The SMILES string of the molecule is CC(CCC(=O)N1CCOCC1)c1ccccc1.COc1ccccc1Oc1cccc(CN2CCC(NC=O)CC2)c1. The number of ether oxygens (including phenoxy) is 3. The maximum Gasteiger partial charge on any atom is 0.222 e. The normalized spacial score (nSPS) is 16.4. The standard InChI is InChI=1S/C20H24N2O3.C15H21NO2/c1-24-19-7-2-3-8-20(19)25-18-6-4-5-16(13-18)14-22-11-9-17(10-12-22)21-15-23;1-13(14-5-3-2-4-6-14)7-8-15(17)16-9-11-18-12-10-16/h2-8,13,15,17H,9-12,14H2,1H3,(H,21,23);2-6,13H,7-12H2,1H3. The number of hydrogen-bond acceptors (Lipinski definition) is 6. The number of piperidine rings is 1. The largest absolute Gasteiger partial charge is 0.493 e. The van der Waals surface area contributed by atoms with E-state index in [2.05, 4.69) is 53.5 Å². The minimum absolute atomic E-state index is 0.265. The van der Waals surface area contributed by atoms with Crippen molar-refractivity contribution >= 4 is 12.3 Å². The predicted molar refractivity (Wildman–Crippen MR) is 168 cm³/mol. The van der Waals surface area contributed by atoms with Crippen LogP contribution in [0, 0.1) is 0 Å². The maximum absolute atomic E-state index is 12.0. The first-order chi connectivity index (χ1) is 21.1. The molecule has 8 nitrogen and oxygen atoms in total. The number of carbonyl (C=O) groups is 2. The Bertz CT molecular complexity index is 1260. The predicted octanol–water partition coefficient (Wildman–Crippen LogP) is 5.63. The summed E-state index contributed by atoms with van der Waals surface area (Å²) in [5.74, 6) is 2.94. The summed E-state index contributed by atoms with van der Waals surface area (Å²) < 4.78 is 16.6. The molecule has 230 valence electrons. The molecule has 5 rings (SSSR count). The molecule has 0 saturated carbocycles. The number of methoxy groups -OCH3 is 1. The van der Waals surface area contributed by atoms with Gasteiger partial charge in [0.2, 0.25) is 12.3 Å². The molecular weight excluding hydrogens is 542 g/mol. The van der Waals surface area contributed by atoms with Gasteiger partial charge < -0.3 is 24.4 Å². The van der Waals surface area contributed by atoms with Gasteiger partial charge in [0.1, 0.15) is 5.75 Å². The molecule has 3 aromatic rings. The van der Waals surface area contributed by atoms with Crippen LogP contribution in [-0.2, 0) is 20.9 Å². The Hall–Kier alpha value is -3.88. The first-order valence-corrected chi connectivity index (χ1v) is 15.3. The fourth-order valence-corrected chi connectivity index (χ4v) is 5.41. The summed E-state index contributed by atoms with van der Waals surface area (Å²) in [6, 6.07) is 26.5. The van der Waals surface area contributed by atoms with Gasteiger partial charge in [0.25, 0.3) is 0 Å². The molecular formula is C35H45N3O5. The van der Waals surface area contributed by atoms with E-state index in [0.717, 1.165) is 69.9 Å². The third kappa shape index (κ3) is 10.4. The van der Waals surface area contributed by atoms with E-state index in [1.54, 1.807) is 7.11 Å². The lowest BCUT2D eigenvalue weighted by atomic mass is 9.96. The van der Waals surface area contributed by atoms with Crippen molar-refractivity contribution in [2.45, 2.75) is 51.1 Å². The summed E-state index contributed by atoms with van der Waals surface area (Å²) >= 11 is 0. The molecule has 43 heavy (non-hydrogen) atoms. The lowest BCUT2D eigenvalue weighted by Crippen LogP contribution is -2.41. The molecule has 2 aliphatic rings. The first kappa shape index (κ1) is 32.0. The van der Waals surface area contributed by atoms with Gasteiger partial charge in [0.15, 0.2) is 11.5 Å². The Morgan fingerprint density at radius 1 is 0.953 bits per heavy atom. The van der Waals surface area contributed by atoms with Crippen LogP contribution >= 0.6 is 0 Å². The number of likely N-dealkylation sites (tertiary alicyclic amines) is 1. The molecule has 2 fully saturated rings. The average molecular weight is 588 g/mol. The molecule has 3 aromatic carbocycles. The maximum atomic E-state index is 12.0. The van der Waals surface area contributed by atoms with Crippen molar-refractivity contribution < 1.29 is 23.8 Å². The third-order valence-corrected chi connectivity index (χ3v) is 8.02. The second-order valence-electron chi connectivity index (χ2n) is 11.1. The number of amides is 2. The minimum atomic E-state index is 0.265. The molecule has 2 amide bonds. The van der Waals surface area contributed by atoms with Gasteiger partial charge in [-0.05, 0) is 60.6 Å². The molecule has 2 heterocycles. The van der Waals surface area contributed by atoms with E-state index >= 15 is 0 Å². The number of nitrogens with zero attached hydrogens (tertiary/aromatic N) is 2. The minimum Gasteiger partial charge on any atom is -0.493 e. The van der Waals surface area contributed by atoms with Gasteiger partial charge in [0.05, 0.1) is 20.3 Å². The second-order valence-corrected chi connectivity index (χ2v) is 11.1. The average Bonchev–Trinajstić information content (AvgIpc) is 3.06. The Labute approximate surface area is 255 Å². The van der Waals surface area contributed by atoms with Gasteiger partial charge in [-0.15, -0.1) is 0 Å². The van der Waals surface area contributed by atoms with Crippen molar-refractivity contribution in [3.8, 4) is 17.2 Å². The number of rotatable bonds is 11. The summed E-state index contributed by atoms with van der Waals surface area (Å²) in [5.41, 5.74) is 2.53. The molecule has 0 aromatic heterocycles. The van der Waals surface area contributed by atoms with E-state index in [1.807, 2.05) is 47.4 Å². The topological polar surface area (TPSA) is 80.3 Å². The number of carbonyl (C=O) groups excluding carboxylic acids is 2. The van der Waals surface area contributed by atoms with E-state index in [-0.39, 0.29) is 5.91 Å². The number of benzene rings is 3. The molecule has 2 aliphatic heterocycles. The summed E-state index contributed by atoms with van der Waals surface area (Å²) in [4.78, 5) is 26.9. The van der Waals surface area contributed by atoms with Gasteiger partial charge in [0, 0.05) is 45.2 Å². The molecule has 0 bridgehead atoms. The van der Waals surface area contributed by atoms with Crippen LogP contribution in [0.2, 0.25) is 0 Å². The van der Waals surface area contributed by atoms with Crippen molar-refractivity contribution in [1.82, 2.24) is 15.1 Å². The highest BCUT2D eigenvalue weighted by atomic mass is 16.5. The molecule has 2 saturated heterocycles. The lowest BCUT2D eigenvalue weighted by Gasteiger charge is -2.31. The first-order valence-electron chi connectivity index (χ1n) is 15.3. The number of nitrogens with one attached hydrogen (secondary N) is 1. The van der Waals surface area contributed by atoms with Crippen LogP contribution in [0.4, 0.5) is 0 Å². The molecule has 8 heteroatoms. The van der Waals surface area contributed by atoms with E-state index in [1.165, 1.54) is 11.1 Å². The molecule has 1 N–H and O–H groups in total. The summed E-state index contributed by atoms with van der Waals surface area (Å²) in [6.45, 7) is 7.90. The smallest absolute Gasteiger partial charge is 0.222 e. The summed E-state index contributed by atoms with van der Waals surface area (Å²) in [6.07, 6.45) is 4.35. The van der Waals surface area contributed by atoms with Crippen molar-refractivity contribution in [1.29, 1.82) is 0 Å². The Kier molecular flexibility index (Phi) is 12.9. The van der Waals surface area contributed by atoms with Crippen molar-refractivity contribution in [3.05, 3.63) is 90.0 Å². The molecule has 1 atom stereocenters. The fourth-order valence-electron chi connectivity index (χ4n) is 5.41. The van der Waals surface area contributed by atoms with E-state index in [9.17, 15) is 9.59 Å². The lowest BCUT2D eigenvalue weighted by molar-refractivity contribution is -0.135. The molecule has 0 spiro atoms. The van der Waals surface area contributed by atoms with E-state index in [4.69, 9.17) is 14.2 Å². The molecule has 0 radical (unpaired) electrons. The monoisotopic (exact) mass is 587 g/mol. The third-order valence-electron chi connectivity index (χ3n) is 8.02. The van der Waals surface area contributed by atoms with Gasteiger partial charge >= 0.3 is 0 Å². The summed E-state index contributed by atoms with van der Waals surface area (Å²) in [5, 5.41) is 2.88. The van der Waals surface area contributed by atoms with Crippen LogP contribution in [0.3, 0.4) is 0 Å². The highest BCUT2D eigenvalue weighted by Crippen LogP contribution is 2.31. The van der Waals surface area contributed by atoms with Crippen LogP contribution in [0.25, 0.3) is 0 Å². The fraction of sp³-hybridized carbons (Fsp3) is 0.429. The number of morpholine rings is 1. The van der Waals surface area contributed by atoms with Crippen LogP contribution in [0.5, 0.6) is 17.2 Å². The van der Waals surface area contributed by atoms with Gasteiger partial charge in [-0.2, -0.15) is 0 Å².